The highest BCUT2D eigenvalue weighted by molar-refractivity contribution is 7.89. The average molecular weight is 414 g/mol. The molecule has 29 heavy (non-hydrogen) atoms. The van der Waals surface area contributed by atoms with Crippen molar-refractivity contribution >= 4 is 32.5 Å². The number of carbonyl (C=O) groups is 1. The molecule has 3 aromatic rings. The standard InChI is InChI=1S/C19H22N6O3S/c1-13-9-14-5-4-6-20-18(14)15(10-13)24-19(26)16-11-22-17(12-21-16)29(27,28)23-7-8-25(2)3/h4-6,9-12,23H,7-8H2,1-3H3,(H,24,26). The van der Waals surface area contributed by atoms with Crippen LogP contribution >= 0.6 is 0 Å². The summed E-state index contributed by atoms with van der Waals surface area (Å²) in [7, 11) is -0.100. The van der Waals surface area contributed by atoms with Crippen molar-refractivity contribution in [2.75, 3.05) is 32.5 Å². The number of benzene rings is 1. The molecule has 3 rings (SSSR count). The van der Waals surface area contributed by atoms with Gasteiger partial charge in [-0.2, -0.15) is 0 Å². The molecular formula is C19H22N6O3S. The van der Waals surface area contributed by atoms with Gasteiger partial charge in [0.2, 0.25) is 0 Å². The lowest BCUT2D eigenvalue weighted by atomic mass is 10.1. The lowest BCUT2D eigenvalue weighted by Crippen LogP contribution is -2.32. The first-order valence-corrected chi connectivity index (χ1v) is 10.4. The van der Waals surface area contributed by atoms with Gasteiger partial charge in [-0.25, -0.2) is 23.1 Å². The van der Waals surface area contributed by atoms with Crippen LogP contribution in [-0.2, 0) is 10.0 Å². The maximum atomic E-state index is 12.6. The van der Waals surface area contributed by atoms with Crippen LogP contribution in [0.5, 0.6) is 0 Å². The molecule has 0 saturated carbocycles. The van der Waals surface area contributed by atoms with Gasteiger partial charge in [0.1, 0.15) is 5.69 Å². The summed E-state index contributed by atoms with van der Waals surface area (Å²) >= 11 is 0. The number of sulfonamides is 1. The van der Waals surface area contributed by atoms with E-state index in [4.69, 9.17) is 0 Å². The number of hydrogen-bond donors (Lipinski definition) is 2. The van der Waals surface area contributed by atoms with Crippen molar-refractivity contribution < 1.29 is 13.2 Å². The van der Waals surface area contributed by atoms with Crippen molar-refractivity contribution in [2.24, 2.45) is 0 Å². The molecule has 1 aromatic carbocycles. The Morgan fingerprint density at radius 1 is 1.14 bits per heavy atom. The highest BCUT2D eigenvalue weighted by Crippen LogP contribution is 2.23. The van der Waals surface area contributed by atoms with Crippen LogP contribution in [0.3, 0.4) is 0 Å². The van der Waals surface area contributed by atoms with Crippen molar-refractivity contribution in [3.63, 3.8) is 0 Å². The quantitative estimate of drug-likeness (QED) is 0.600. The van der Waals surface area contributed by atoms with Crippen molar-refractivity contribution in [1.82, 2.24) is 24.6 Å². The molecule has 2 aromatic heterocycles. The van der Waals surface area contributed by atoms with Crippen LogP contribution in [-0.4, -0.2) is 61.4 Å². The van der Waals surface area contributed by atoms with E-state index in [9.17, 15) is 13.2 Å². The minimum atomic E-state index is -3.78. The van der Waals surface area contributed by atoms with Gasteiger partial charge in [0.15, 0.2) is 5.03 Å². The molecule has 0 spiro atoms. The number of aryl methyl sites for hydroxylation is 1. The SMILES string of the molecule is Cc1cc(NC(=O)c2cnc(S(=O)(=O)NCCN(C)C)cn2)c2ncccc2c1. The summed E-state index contributed by atoms with van der Waals surface area (Å²) < 4.78 is 26.9. The lowest BCUT2D eigenvalue weighted by molar-refractivity contribution is 0.102. The number of aromatic nitrogens is 3. The van der Waals surface area contributed by atoms with Crippen molar-refractivity contribution in [1.29, 1.82) is 0 Å². The molecule has 1 amide bonds. The third kappa shape index (κ3) is 5.11. The van der Waals surface area contributed by atoms with E-state index in [0.29, 0.717) is 17.7 Å². The molecule has 0 fully saturated rings. The van der Waals surface area contributed by atoms with Gasteiger partial charge >= 0.3 is 0 Å². The van der Waals surface area contributed by atoms with Crippen LogP contribution in [0.25, 0.3) is 10.9 Å². The van der Waals surface area contributed by atoms with E-state index in [1.807, 2.05) is 50.2 Å². The van der Waals surface area contributed by atoms with Crippen LogP contribution in [0, 0.1) is 6.92 Å². The molecule has 152 valence electrons. The molecule has 0 saturated heterocycles. The topological polar surface area (TPSA) is 117 Å². The molecule has 2 heterocycles. The fraction of sp³-hybridized carbons (Fsp3) is 0.263. The molecule has 10 heteroatoms. The van der Waals surface area contributed by atoms with Gasteiger partial charge in [-0.05, 0) is 44.8 Å². The monoisotopic (exact) mass is 414 g/mol. The van der Waals surface area contributed by atoms with E-state index < -0.39 is 15.9 Å². The van der Waals surface area contributed by atoms with E-state index in [0.717, 1.165) is 23.3 Å². The maximum absolute atomic E-state index is 12.6. The molecule has 0 bridgehead atoms. The summed E-state index contributed by atoms with van der Waals surface area (Å²) in [4.78, 5) is 26.6. The fourth-order valence-electron chi connectivity index (χ4n) is 2.67. The summed E-state index contributed by atoms with van der Waals surface area (Å²) in [5, 5.41) is 3.43. The summed E-state index contributed by atoms with van der Waals surface area (Å²) in [6.07, 6.45) is 3.86. The second-order valence-corrected chi connectivity index (χ2v) is 8.50. The molecule has 0 unspecified atom stereocenters. The Labute approximate surface area is 169 Å². The number of amides is 1. The number of pyridine rings is 1. The van der Waals surface area contributed by atoms with Crippen molar-refractivity contribution in [3.8, 4) is 0 Å². The number of rotatable bonds is 7. The van der Waals surface area contributed by atoms with E-state index in [2.05, 4.69) is 25.0 Å². The Morgan fingerprint density at radius 3 is 2.62 bits per heavy atom. The molecule has 0 aliphatic carbocycles. The van der Waals surface area contributed by atoms with Gasteiger partial charge in [0, 0.05) is 24.7 Å². The van der Waals surface area contributed by atoms with Gasteiger partial charge in [0.25, 0.3) is 15.9 Å². The Bertz CT molecular complexity index is 1130. The minimum absolute atomic E-state index is 0.00262. The first kappa shape index (κ1) is 20.8. The number of nitrogens with one attached hydrogen (secondary N) is 2. The third-order valence-electron chi connectivity index (χ3n) is 4.08. The molecule has 0 aliphatic heterocycles. The second-order valence-electron chi connectivity index (χ2n) is 6.78. The molecule has 2 N–H and O–H groups in total. The average Bonchev–Trinajstić information content (AvgIpc) is 2.67. The minimum Gasteiger partial charge on any atom is -0.319 e. The van der Waals surface area contributed by atoms with Gasteiger partial charge in [-0.3, -0.25) is 9.78 Å². The predicted molar refractivity (Wildman–Crippen MR) is 110 cm³/mol. The number of hydrogen-bond acceptors (Lipinski definition) is 7. The summed E-state index contributed by atoms with van der Waals surface area (Å²) in [6, 6.07) is 7.52. The number of carbonyl (C=O) groups excluding carboxylic acids is 1. The first-order valence-electron chi connectivity index (χ1n) is 8.89. The molecule has 0 radical (unpaired) electrons. The number of nitrogens with zero attached hydrogens (tertiary/aromatic N) is 4. The van der Waals surface area contributed by atoms with Crippen LogP contribution in [0.2, 0.25) is 0 Å². The highest BCUT2D eigenvalue weighted by Gasteiger charge is 2.18. The van der Waals surface area contributed by atoms with E-state index in [1.54, 1.807) is 6.20 Å². The molecular weight excluding hydrogens is 392 g/mol. The zero-order chi connectivity index (χ0) is 21.0. The number of likely N-dealkylation sites (N-methyl/N-ethyl adjacent to an activating group) is 1. The van der Waals surface area contributed by atoms with Gasteiger partial charge in [-0.1, -0.05) is 6.07 Å². The Hall–Kier alpha value is -2.95. The van der Waals surface area contributed by atoms with Crippen LogP contribution in [0.15, 0.2) is 47.9 Å². The van der Waals surface area contributed by atoms with E-state index >= 15 is 0 Å². The van der Waals surface area contributed by atoms with Gasteiger partial charge in [0.05, 0.1) is 23.6 Å². The van der Waals surface area contributed by atoms with Crippen LogP contribution in [0.1, 0.15) is 16.1 Å². The largest absolute Gasteiger partial charge is 0.319 e. The van der Waals surface area contributed by atoms with E-state index in [-0.39, 0.29) is 17.3 Å². The molecule has 0 atom stereocenters. The Balaban J connectivity index is 1.76. The first-order chi connectivity index (χ1) is 13.8. The zero-order valence-electron chi connectivity index (χ0n) is 16.4. The Kier molecular flexibility index (Phi) is 6.16. The maximum Gasteiger partial charge on any atom is 0.275 e. The Morgan fingerprint density at radius 2 is 1.93 bits per heavy atom. The van der Waals surface area contributed by atoms with E-state index in [1.165, 1.54) is 0 Å². The summed E-state index contributed by atoms with van der Waals surface area (Å²) in [5.74, 6) is -0.500. The van der Waals surface area contributed by atoms with Crippen molar-refractivity contribution in [3.05, 3.63) is 54.1 Å². The number of anilines is 1. The molecule has 0 aliphatic rings. The summed E-state index contributed by atoms with van der Waals surface area (Å²) in [5.41, 5.74) is 2.18. The number of fused-ring (bicyclic) bond motifs is 1. The predicted octanol–water partition coefficient (Wildman–Crippen LogP) is 1.43. The van der Waals surface area contributed by atoms with Crippen molar-refractivity contribution in [2.45, 2.75) is 11.9 Å². The molecule has 9 nitrogen and oxygen atoms in total. The highest BCUT2D eigenvalue weighted by atomic mass is 32.2. The van der Waals surface area contributed by atoms with Crippen LogP contribution in [0.4, 0.5) is 5.69 Å². The van der Waals surface area contributed by atoms with Crippen LogP contribution < -0.4 is 10.0 Å². The fourth-order valence-corrected chi connectivity index (χ4v) is 3.56. The summed E-state index contributed by atoms with van der Waals surface area (Å²) in [6.45, 7) is 2.71. The lowest BCUT2D eigenvalue weighted by Gasteiger charge is -2.11. The van der Waals surface area contributed by atoms with Gasteiger partial charge in [-0.15, -0.1) is 0 Å². The van der Waals surface area contributed by atoms with Gasteiger partial charge < -0.3 is 10.2 Å². The normalized spacial score (nSPS) is 11.7. The second kappa shape index (κ2) is 8.60. The zero-order valence-corrected chi connectivity index (χ0v) is 17.2. The third-order valence-corrected chi connectivity index (χ3v) is 5.43. The smallest absolute Gasteiger partial charge is 0.275 e.